The number of fused-ring (bicyclic) bond motifs is 1. The van der Waals surface area contributed by atoms with Crippen LogP contribution in [0.2, 0.25) is 0 Å². The average Bonchev–Trinajstić information content (AvgIpc) is 2.94. The van der Waals surface area contributed by atoms with E-state index in [0.29, 0.717) is 32.8 Å². The maximum Gasteiger partial charge on any atom is 0.329 e. The first-order chi connectivity index (χ1) is 13.4. The Morgan fingerprint density at radius 3 is 2.32 bits per heavy atom. The van der Waals surface area contributed by atoms with Crippen molar-refractivity contribution in [3.63, 3.8) is 0 Å². The van der Waals surface area contributed by atoms with Gasteiger partial charge in [0.15, 0.2) is 0 Å². The van der Waals surface area contributed by atoms with Gasteiger partial charge in [0.1, 0.15) is 5.82 Å². The van der Waals surface area contributed by atoms with Crippen LogP contribution >= 0.6 is 0 Å². The second-order valence-electron chi connectivity index (χ2n) is 6.88. The van der Waals surface area contributed by atoms with Crippen molar-refractivity contribution in [2.75, 3.05) is 26.2 Å². The lowest BCUT2D eigenvalue weighted by molar-refractivity contribution is 0.152. The molecular weight excluding hydrogens is 383 g/mol. The number of rotatable bonds is 4. The predicted octanol–water partition coefficient (Wildman–Crippen LogP) is 1.44. The van der Waals surface area contributed by atoms with E-state index < -0.39 is 15.8 Å². The van der Waals surface area contributed by atoms with Crippen LogP contribution in [-0.2, 0) is 23.7 Å². The third kappa shape index (κ3) is 3.25. The lowest BCUT2D eigenvalue weighted by Gasteiger charge is -2.34. The average molecular weight is 404 g/mol. The quantitative estimate of drug-likeness (QED) is 0.660. The maximum absolute atomic E-state index is 13.4. The van der Waals surface area contributed by atoms with Crippen molar-refractivity contribution in [3.05, 3.63) is 64.8 Å². The van der Waals surface area contributed by atoms with Gasteiger partial charge in [-0.05, 0) is 30.3 Å². The zero-order valence-electron chi connectivity index (χ0n) is 15.5. The number of aromatic nitrogens is 2. The Bertz CT molecular complexity index is 1180. The highest BCUT2D eigenvalue weighted by molar-refractivity contribution is 7.89. The van der Waals surface area contributed by atoms with Crippen LogP contribution < -0.4 is 5.69 Å². The van der Waals surface area contributed by atoms with E-state index >= 15 is 0 Å². The van der Waals surface area contributed by atoms with Crippen molar-refractivity contribution < 1.29 is 12.8 Å². The van der Waals surface area contributed by atoms with Gasteiger partial charge in [-0.2, -0.15) is 4.31 Å². The van der Waals surface area contributed by atoms with E-state index in [9.17, 15) is 17.6 Å². The molecular formula is C19H21FN4O3S. The molecule has 3 aromatic rings. The highest BCUT2D eigenvalue weighted by Gasteiger charge is 2.29. The molecule has 0 saturated carbocycles. The molecule has 0 N–H and O–H groups in total. The van der Waals surface area contributed by atoms with E-state index in [0.717, 1.165) is 17.1 Å². The molecule has 0 spiro atoms. The van der Waals surface area contributed by atoms with Crippen molar-refractivity contribution in [2.24, 2.45) is 7.05 Å². The molecule has 0 radical (unpaired) electrons. The van der Waals surface area contributed by atoms with Crippen LogP contribution in [0.25, 0.3) is 11.0 Å². The van der Waals surface area contributed by atoms with Crippen LogP contribution in [0.4, 0.5) is 4.39 Å². The minimum atomic E-state index is -3.73. The summed E-state index contributed by atoms with van der Waals surface area (Å²) in [5.41, 5.74) is 1.61. The zero-order chi connectivity index (χ0) is 19.9. The van der Waals surface area contributed by atoms with Gasteiger partial charge in [0.05, 0.1) is 22.6 Å². The first-order valence-corrected chi connectivity index (χ1v) is 10.4. The highest BCUT2D eigenvalue weighted by atomic mass is 32.2. The van der Waals surface area contributed by atoms with Gasteiger partial charge >= 0.3 is 5.69 Å². The standard InChI is InChI=1S/C19H21FN4O3S/c1-21-17-7-2-3-8-18(17)24(19(21)25)14-22-9-11-23(12-10-22)28(26,27)16-6-4-5-15(20)13-16/h2-8,13H,9-12,14H2,1H3. The molecule has 2 heterocycles. The van der Waals surface area contributed by atoms with Crippen molar-refractivity contribution in [2.45, 2.75) is 11.6 Å². The van der Waals surface area contributed by atoms with Crippen LogP contribution in [-0.4, -0.2) is 52.9 Å². The summed E-state index contributed by atoms with van der Waals surface area (Å²) in [6.07, 6.45) is 0. The van der Waals surface area contributed by atoms with Crippen molar-refractivity contribution in [3.8, 4) is 0 Å². The topological polar surface area (TPSA) is 67.6 Å². The van der Waals surface area contributed by atoms with E-state index in [2.05, 4.69) is 0 Å². The van der Waals surface area contributed by atoms with Gasteiger partial charge in [-0.15, -0.1) is 0 Å². The summed E-state index contributed by atoms with van der Waals surface area (Å²) >= 11 is 0. The molecule has 0 amide bonds. The molecule has 1 fully saturated rings. The molecule has 0 unspecified atom stereocenters. The molecule has 0 aliphatic carbocycles. The van der Waals surface area contributed by atoms with Crippen LogP contribution in [0, 0.1) is 5.82 Å². The molecule has 1 aromatic heterocycles. The molecule has 7 nitrogen and oxygen atoms in total. The Morgan fingerprint density at radius 2 is 1.64 bits per heavy atom. The molecule has 1 saturated heterocycles. The van der Waals surface area contributed by atoms with Crippen molar-refractivity contribution in [1.29, 1.82) is 0 Å². The molecule has 0 bridgehead atoms. The lowest BCUT2D eigenvalue weighted by Crippen LogP contribution is -2.49. The summed E-state index contributed by atoms with van der Waals surface area (Å²) in [4.78, 5) is 14.6. The minimum Gasteiger partial charge on any atom is -0.295 e. The number of benzene rings is 2. The van der Waals surface area contributed by atoms with Gasteiger partial charge in [0, 0.05) is 33.2 Å². The first-order valence-electron chi connectivity index (χ1n) is 9.00. The minimum absolute atomic E-state index is 0.0359. The lowest BCUT2D eigenvalue weighted by atomic mass is 10.3. The molecule has 9 heteroatoms. The number of sulfonamides is 1. The summed E-state index contributed by atoms with van der Waals surface area (Å²) in [5, 5.41) is 0. The van der Waals surface area contributed by atoms with E-state index in [1.807, 2.05) is 29.2 Å². The third-order valence-electron chi connectivity index (χ3n) is 5.16. The fourth-order valence-electron chi connectivity index (χ4n) is 3.59. The number of hydrogen-bond acceptors (Lipinski definition) is 4. The fourth-order valence-corrected chi connectivity index (χ4v) is 5.04. The Kier molecular flexibility index (Phi) is 4.82. The smallest absolute Gasteiger partial charge is 0.295 e. The fraction of sp³-hybridized carbons (Fsp3) is 0.316. The molecule has 1 aliphatic rings. The van der Waals surface area contributed by atoms with Gasteiger partial charge in [-0.1, -0.05) is 18.2 Å². The number of hydrogen-bond donors (Lipinski definition) is 0. The van der Waals surface area contributed by atoms with E-state index in [-0.39, 0.29) is 10.6 Å². The monoisotopic (exact) mass is 404 g/mol. The van der Waals surface area contributed by atoms with Gasteiger partial charge in [-0.3, -0.25) is 14.0 Å². The Hall–Kier alpha value is -2.49. The van der Waals surface area contributed by atoms with Gasteiger partial charge < -0.3 is 0 Å². The second-order valence-corrected chi connectivity index (χ2v) is 8.82. The summed E-state index contributed by atoms with van der Waals surface area (Å²) in [6.45, 7) is 1.96. The number of piperazine rings is 1. The Labute approximate surface area is 162 Å². The third-order valence-corrected chi connectivity index (χ3v) is 7.05. The van der Waals surface area contributed by atoms with E-state index in [1.54, 1.807) is 16.2 Å². The number of halogens is 1. The molecule has 28 heavy (non-hydrogen) atoms. The molecule has 2 aromatic carbocycles. The molecule has 0 atom stereocenters. The molecule has 148 valence electrons. The second kappa shape index (κ2) is 7.16. The maximum atomic E-state index is 13.4. The molecule has 1 aliphatic heterocycles. The van der Waals surface area contributed by atoms with E-state index in [4.69, 9.17) is 0 Å². The zero-order valence-corrected chi connectivity index (χ0v) is 16.3. The number of nitrogens with zero attached hydrogens (tertiary/aromatic N) is 4. The SMILES string of the molecule is Cn1c(=O)n(CN2CCN(S(=O)(=O)c3cccc(F)c3)CC2)c2ccccc21. The molecule has 4 rings (SSSR count). The van der Waals surface area contributed by atoms with Gasteiger partial charge in [0.2, 0.25) is 10.0 Å². The van der Waals surface area contributed by atoms with Crippen LogP contribution in [0.3, 0.4) is 0 Å². The first kappa shape index (κ1) is 18.9. The summed E-state index contributed by atoms with van der Waals surface area (Å²) in [7, 11) is -1.98. The summed E-state index contributed by atoms with van der Waals surface area (Å²) < 4.78 is 43.5. The van der Waals surface area contributed by atoms with Gasteiger partial charge in [0.25, 0.3) is 0 Å². The highest BCUT2D eigenvalue weighted by Crippen LogP contribution is 2.19. The largest absolute Gasteiger partial charge is 0.329 e. The van der Waals surface area contributed by atoms with Crippen LogP contribution in [0.1, 0.15) is 0 Å². The Balaban J connectivity index is 1.50. The van der Waals surface area contributed by atoms with Crippen LogP contribution in [0.5, 0.6) is 0 Å². The summed E-state index contributed by atoms with van der Waals surface area (Å²) in [6, 6.07) is 12.6. The number of imidazole rings is 1. The van der Waals surface area contributed by atoms with Crippen LogP contribution in [0.15, 0.2) is 58.2 Å². The predicted molar refractivity (Wildman–Crippen MR) is 104 cm³/mol. The number of aryl methyl sites for hydroxylation is 1. The van der Waals surface area contributed by atoms with Gasteiger partial charge in [-0.25, -0.2) is 17.6 Å². The van der Waals surface area contributed by atoms with Crippen molar-refractivity contribution >= 4 is 21.1 Å². The normalized spacial score (nSPS) is 16.6. The van der Waals surface area contributed by atoms with E-state index in [1.165, 1.54) is 22.5 Å². The Morgan fingerprint density at radius 1 is 0.964 bits per heavy atom. The number of para-hydroxylation sites is 2. The summed E-state index contributed by atoms with van der Waals surface area (Å²) in [5.74, 6) is -0.574. The van der Waals surface area contributed by atoms with Crippen molar-refractivity contribution in [1.82, 2.24) is 18.3 Å².